The molecule has 166 valence electrons. The molecule has 2 fully saturated rings. The fraction of sp³-hybridized carbons (Fsp3) is 0.500. The van der Waals surface area contributed by atoms with Crippen molar-refractivity contribution in [3.63, 3.8) is 0 Å². The highest BCUT2D eigenvalue weighted by Crippen LogP contribution is 2.36. The Balaban J connectivity index is 0.00000231. The van der Waals surface area contributed by atoms with Gasteiger partial charge in [0.2, 0.25) is 0 Å². The van der Waals surface area contributed by atoms with Gasteiger partial charge in [0.25, 0.3) is 0 Å². The van der Waals surface area contributed by atoms with Crippen LogP contribution in [0, 0.1) is 6.92 Å². The van der Waals surface area contributed by atoms with Crippen LogP contribution in [0.25, 0.3) is 22.6 Å². The summed E-state index contributed by atoms with van der Waals surface area (Å²) in [4.78, 5) is 19.6. The summed E-state index contributed by atoms with van der Waals surface area (Å²) in [7, 11) is 0. The number of aromatic nitrogens is 4. The minimum Gasteiger partial charge on any atom is -0.379 e. The molecule has 3 aromatic rings. The third-order valence-electron chi connectivity index (χ3n) is 6.14. The van der Waals surface area contributed by atoms with E-state index in [1.54, 1.807) is 0 Å². The van der Waals surface area contributed by atoms with E-state index in [9.17, 15) is 0 Å². The number of halogens is 2. The Hall–Kier alpha value is -1.93. The zero-order chi connectivity index (χ0) is 20.7. The van der Waals surface area contributed by atoms with Gasteiger partial charge in [0.05, 0.1) is 17.7 Å². The Morgan fingerprint density at radius 2 is 1.87 bits per heavy atom. The summed E-state index contributed by atoms with van der Waals surface area (Å²) in [5.74, 6) is 2.54. The van der Waals surface area contributed by atoms with Crippen molar-refractivity contribution >= 4 is 41.0 Å². The molecule has 5 rings (SSSR count). The summed E-state index contributed by atoms with van der Waals surface area (Å²) in [5, 5.41) is 0.691. The van der Waals surface area contributed by atoms with Crippen LogP contribution in [-0.2, 0) is 4.74 Å². The van der Waals surface area contributed by atoms with Crippen molar-refractivity contribution in [2.75, 3.05) is 50.8 Å². The second-order valence-corrected chi connectivity index (χ2v) is 8.40. The quantitative estimate of drug-likeness (QED) is 0.584. The molecule has 0 bridgehead atoms. The number of piperazine rings is 1. The van der Waals surface area contributed by atoms with E-state index in [4.69, 9.17) is 31.3 Å². The number of fused-ring (bicyclic) bond motifs is 1. The first-order valence-electron chi connectivity index (χ1n) is 10.7. The molecule has 2 saturated heterocycles. The molecule has 2 aromatic heterocycles. The monoisotopic (exact) mass is 462 g/mol. The summed E-state index contributed by atoms with van der Waals surface area (Å²) in [6, 6.07) is 8.07. The minimum absolute atomic E-state index is 0. The van der Waals surface area contributed by atoms with Gasteiger partial charge < -0.3 is 19.1 Å². The van der Waals surface area contributed by atoms with Crippen molar-refractivity contribution < 1.29 is 4.74 Å². The van der Waals surface area contributed by atoms with E-state index in [1.165, 1.54) is 0 Å². The zero-order valence-electron chi connectivity index (χ0n) is 17.9. The normalized spacial score (nSPS) is 19.7. The van der Waals surface area contributed by atoms with E-state index in [0.29, 0.717) is 11.6 Å². The van der Waals surface area contributed by atoms with E-state index < -0.39 is 0 Å². The van der Waals surface area contributed by atoms with Crippen molar-refractivity contribution in [1.82, 2.24) is 24.4 Å². The number of nitrogens with zero attached hydrogens (tertiary/aromatic N) is 6. The van der Waals surface area contributed by atoms with Gasteiger partial charge in [0, 0.05) is 38.3 Å². The Morgan fingerprint density at radius 1 is 1.10 bits per heavy atom. The number of rotatable bonds is 4. The maximum Gasteiger partial charge on any atom is 0.166 e. The Morgan fingerprint density at radius 3 is 2.55 bits per heavy atom. The van der Waals surface area contributed by atoms with Crippen LogP contribution in [0.15, 0.2) is 24.3 Å². The van der Waals surface area contributed by atoms with Crippen molar-refractivity contribution in [2.45, 2.75) is 26.3 Å². The van der Waals surface area contributed by atoms with Gasteiger partial charge >= 0.3 is 0 Å². The molecule has 0 amide bonds. The van der Waals surface area contributed by atoms with Gasteiger partial charge in [-0.3, -0.25) is 0 Å². The largest absolute Gasteiger partial charge is 0.379 e. The van der Waals surface area contributed by atoms with Gasteiger partial charge in [-0.05, 0) is 32.0 Å². The second-order valence-electron chi connectivity index (χ2n) is 7.99. The molecule has 2 aliphatic rings. The predicted molar refractivity (Wildman–Crippen MR) is 127 cm³/mol. The molecule has 1 aromatic carbocycles. The van der Waals surface area contributed by atoms with Crippen LogP contribution in [-0.4, -0.2) is 70.4 Å². The number of ether oxygens (including phenoxy) is 1. The van der Waals surface area contributed by atoms with Gasteiger partial charge in [0.1, 0.15) is 11.6 Å². The smallest absolute Gasteiger partial charge is 0.166 e. The van der Waals surface area contributed by atoms with Crippen molar-refractivity contribution in [3.8, 4) is 11.4 Å². The second kappa shape index (κ2) is 9.28. The third kappa shape index (κ3) is 4.12. The first kappa shape index (κ1) is 22.3. The summed E-state index contributed by atoms with van der Waals surface area (Å²) < 4.78 is 7.94. The minimum atomic E-state index is 0. The van der Waals surface area contributed by atoms with Crippen LogP contribution in [0.4, 0.5) is 5.82 Å². The van der Waals surface area contributed by atoms with E-state index >= 15 is 0 Å². The van der Waals surface area contributed by atoms with Gasteiger partial charge in [-0.25, -0.2) is 15.0 Å². The van der Waals surface area contributed by atoms with Crippen LogP contribution in [0.2, 0.25) is 5.02 Å². The lowest BCUT2D eigenvalue weighted by Crippen LogP contribution is -2.46. The topological polar surface area (TPSA) is 59.3 Å². The predicted octanol–water partition coefficient (Wildman–Crippen LogP) is 3.98. The van der Waals surface area contributed by atoms with Crippen molar-refractivity contribution in [3.05, 3.63) is 35.1 Å². The molecular formula is C22H28Cl2N6O. The highest BCUT2D eigenvalue weighted by atomic mass is 35.5. The number of imidazole rings is 1. The van der Waals surface area contributed by atoms with Crippen LogP contribution in [0.5, 0.6) is 0 Å². The third-order valence-corrected chi connectivity index (χ3v) is 6.47. The van der Waals surface area contributed by atoms with Crippen LogP contribution < -0.4 is 4.90 Å². The summed E-state index contributed by atoms with van der Waals surface area (Å²) in [5.41, 5.74) is 2.65. The molecule has 0 spiro atoms. The van der Waals surface area contributed by atoms with Crippen LogP contribution in [0.1, 0.15) is 25.2 Å². The lowest BCUT2D eigenvalue weighted by molar-refractivity contribution is 0.187. The Labute approximate surface area is 193 Å². The van der Waals surface area contributed by atoms with E-state index in [-0.39, 0.29) is 18.4 Å². The summed E-state index contributed by atoms with van der Waals surface area (Å²) >= 11 is 6.58. The Kier molecular flexibility index (Phi) is 6.67. The summed E-state index contributed by atoms with van der Waals surface area (Å²) in [6.45, 7) is 10.6. The molecular weight excluding hydrogens is 435 g/mol. The lowest BCUT2D eigenvalue weighted by Gasteiger charge is -2.34. The van der Waals surface area contributed by atoms with Crippen LogP contribution in [0.3, 0.4) is 0 Å². The van der Waals surface area contributed by atoms with Gasteiger partial charge in [-0.2, -0.15) is 0 Å². The number of aryl methyl sites for hydroxylation is 1. The average Bonchev–Trinajstić information content (AvgIpc) is 3.41. The zero-order valence-corrected chi connectivity index (χ0v) is 19.5. The van der Waals surface area contributed by atoms with Gasteiger partial charge in [-0.1, -0.05) is 30.7 Å². The average molecular weight is 463 g/mol. The standard InChI is InChI=1S/C22H27ClN6O.ClH/c1-3-27-9-11-28(12-10-27)21-19-22(25-15(2)24-21)29(16-8-13-30-14-16)20(26-19)17-6-4-5-7-18(17)23;/h4-7,16H,3,8-14H2,1-2H3;1H. The SMILES string of the molecule is CCN1CCN(c2nc(C)nc3c2nc(-c2ccccc2Cl)n3C2CCOC2)CC1.Cl. The van der Waals surface area contributed by atoms with E-state index in [1.807, 2.05) is 31.2 Å². The number of benzene rings is 1. The molecule has 31 heavy (non-hydrogen) atoms. The molecule has 7 nitrogen and oxygen atoms in total. The number of anilines is 1. The molecule has 0 N–H and O–H groups in total. The molecule has 9 heteroatoms. The number of likely N-dealkylation sites (N-methyl/N-ethyl adjacent to an activating group) is 1. The van der Waals surface area contributed by atoms with E-state index in [0.717, 1.165) is 79.9 Å². The maximum atomic E-state index is 6.58. The fourth-order valence-corrected chi connectivity index (χ4v) is 4.69. The van der Waals surface area contributed by atoms with Crippen molar-refractivity contribution in [2.24, 2.45) is 0 Å². The fourth-order valence-electron chi connectivity index (χ4n) is 4.47. The Bertz CT molecular complexity index is 1060. The van der Waals surface area contributed by atoms with E-state index in [2.05, 4.69) is 21.3 Å². The first-order chi connectivity index (χ1) is 14.7. The molecule has 2 aliphatic heterocycles. The summed E-state index contributed by atoms with van der Waals surface area (Å²) in [6.07, 6.45) is 0.941. The molecule has 0 radical (unpaired) electrons. The van der Waals surface area contributed by atoms with Gasteiger partial charge in [0.15, 0.2) is 17.0 Å². The van der Waals surface area contributed by atoms with Crippen LogP contribution >= 0.6 is 24.0 Å². The molecule has 4 heterocycles. The highest BCUT2D eigenvalue weighted by Gasteiger charge is 2.29. The maximum absolute atomic E-state index is 6.58. The van der Waals surface area contributed by atoms with Gasteiger partial charge in [-0.15, -0.1) is 12.4 Å². The number of hydrogen-bond acceptors (Lipinski definition) is 6. The molecule has 1 atom stereocenters. The van der Waals surface area contributed by atoms with Crippen molar-refractivity contribution in [1.29, 1.82) is 0 Å². The highest BCUT2D eigenvalue weighted by molar-refractivity contribution is 6.33. The first-order valence-corrected chi connectivity index (χ1v) is 11.1. The number of hydrogen-bond donors (Lipinski definition) is 0. The molecule has 0 saturated carbocycles. The lowest BCUT2D eigenvalue weighted by atomic mass is 10.2. The molecule has 1 unspecified atom stereocenters. The molecule has 0 aliphatic carbocycles.